The first-order valence-electron chi connectivity index (χ1n) is 4.48. The van der Waals surface area contributed by atoms with E-state index < -0.39 is 23.2 Å². The van der Waals surface area contributed by atoms with Crippen LogP contribution in [0.2, 0.25) is 0 Å². The highest BCUT2D eigenvalue weighted by Crippen LogP contribution is 2.22. The van der Waals surface area contributed by atoms with Crippen LogP contribution in [-0.2, 0) is 11.0 Å². The third-order valence-corrected chi connectivity index (χ3v) is 3.08. The minimum atomic E-state index is -4.32. The second-order valence-electron chi connectivity index (χ2n) is 3.53. The van der Waals surface area contributed by atoms with Gasteiger partial charge in [-0.05, 0) is 12.3 Å². The fraction of sp³-hybridized carbons (Fsp3) is 1.00. The highest BCUT2D eigenvalue weighted by atomic mass is 32.2. The van der Waals surface area contributed by atoms with Gasteiger partial charge < -0.3 is 0 Å². The lowest BCUT2D eigenvalue weighted by atomic mass is 10.2. The average Bonchev–Trinajstić information content (AvgIpc) is 1.96. The van der Waals surface area contributed by atoms with E-state index in [1.54, 1.807) is 0 Å². The van der Waals surface area contributed by atoms with Crippen molar-refractivity contribution in [3.8, 4) is 0 Å². The predicted octanol–water partition coefficient (Wildman–Crippen LogP) is 2.24. The summed E-state index contributed by atoms with van der Waals surface area (Å²) in [5.41, 5.74) is 0. The minimum Gasteiger partial charge on any atom is -0.243 e. The molecule has 0 unspecified atom stereocenters. The lowest BCUT2D eigenvalue weighted by Gasteiger charge is -2.19. The first-order valence-corrected chi connectivity index (χ1v) is 5.80. The Kier molecular flexibility index (Phi) is 5.66. The Bertz CT molecular complexity index is 194. The van der Waals surface area contributed by atoms with E-state index >= 15 is 0 Å². The van der Waals surface area contributed by atoms with Crippen LogP contribution >= 0.6 is 0 Å². The predicted molar refractivity (Wildman–Crippen MR) is 51.1 cm³/mol. The molecule has 0 aromatic heterocycles. The van der Waals surface area contributed by atoms with E-state index in [2.05, 4.69) is 4.72 Å². The molecule has 2 nitrogen and oxygen atoms in total. The highest BCUT2D eigenvalue weighted by Gasteiger charge is 2.39. The molecule has 0 aliphatic carbocycles. The molecule has 0 amide bonds. The summed E-state index contributed by atoms with van der Waals surface area (Å²) >= 11 is 0. The number of hydrogen-bond donors (Lipinski definition) is 1. The molecule has 0 aliphatic heterocycles. The van der Waals surface area contributed by atoms with Crippen LogP contribution in [0.3, 0.4) is 0 Å². The summed E-state index contributed by atoms with van der Waals surface area (Å²) in [4.78, 5) is 0. The van der Waals surface area contributed by atoms with Crippen molar-refractivity contribution in [1.29, 1.82) is 0 Å². The van der Waals surface area contributed by atoms with Gasteiger partial charge in [-0.15, -0.1) is 0 Å². The van der Waals surface area contributed by atoms with Crippen molar-refractivity contribution in [3.05, 3.63) is 0 Å². The van der Waals surface area contributed by atoms with Crippen LogP contribution in [0, 0.1) is 5.92 Å². The summed E-state index contributed by atoms with van der Waals surface area (Å²) in [6, 6.07) is -1.66. The average molecular weight is 231 g/mol. The van der Waals surface area contributed by atoms with E-state index in [4.69, 9.17) is 0 Å². The fourth-order valence-electron chi connectivity index (χ4n) is 0.891. The van der Waals surface area contributed by atoms with Gasteiger partial charge in [-0.25, -0.2) is 8.93 Å². The van der Waals surface area contributed by atoms with Gasteiger partial charge in [0.2, 0.25) is 0 Å². The largest absolute Gasteiger partial charge is 0.404 e. The second-order valence-corrected chi connectivity index (χ2v) is 4.79. The van der Waals surface area contributed by atoms with Crippen molar-refractivity contribution < 1.29 is 17.4 Å². The molecule has 0 heterocycles. The van der Waals surface area contributed by atoms with Crippen LogP contribution in [0.15, 0.2) is 0 Å². The normalized spacial score (nSPS) is 17.1. The van der Waals surface area contributed by atoms with Gasteiger partial charge in [-0.3, -0.25) is 0 Å². The lowest BCUT2D eigenvalue weighted by Crippen LogP contribution is -2.43. The Morgan fingerprint density at radius 1 is 1.36 bits per heavy atom. The van der Waals surface area contributed by atoms with Gasteiger partial charge >= 0.3 is 6.18 Å². The van der Waals surface area contributed by atoms with E-state index in [-0.39, 0.29) is 18.1 Å². The van der Waals surface area contributed by atoms with Crippen molar-refractivity contribution in [1.82, 2.24) is 4.72 Å². The van der Waals surface area contributed by atoms with Crippen LogP contribution in [0.25, 0.3) is 0 Å². The van der Waals surface area contributed by atoms with Crippen molar-refractivity contribution in [2.24, 2.45) is 5.92 Å². The molecule has 0 fully saturated rings. The Labute approximate surface area is 84.8 Å². The molecular formula is C8H16F3NOS. The molecule has 0 saturated carbocycles. The summed E-state index contributed by atoms with van der Waals surface area (Å²) in [7, 11) is -1.60. The first-order chi connectivity index (χ1) is 6.27. The number of nitrogens with one attached hydrogen (secondary N) is 1. The molecule has 0 aromatic rings. The lowest BCUT2D eigenvalue weighted by molar-refractivity contribution is -0.151. The van der Waals surface area contributed by atoms with E-state index in [1.807, 2.05) is 13.8 Å². The standard InChI is InChI=1S/C8H16F3NOS/c1-4-7(8(9,10)11)12-14(13)5-6(2)3/h6-7,12H,4-5H2,1-3H3/t7-,14-/m0/s1. The first kappa shape index (κ1) is 13.9. The summed E-state index contributed by atoms with van der Waals surface area (Å²) in [5.74, 6) is 0.362. The van der Waals surface area contributed by atoms with E-state index in [9.17, 15) is 17.4 Å². The molecule has 2 atom stereocenters. The molecular weight excluding hydrogens is 215 g/mol. The minimum absolute atomic E-state index is 0.104. The highest BCUT2D eigenvalue weighted by molar-refractivity contribution is 7.83. The van der Waals surface area contributed by atoms with E-state index in [1.165, 1.54) is 6.92 Å². The zero-order valence-electron chi connectivity index (χ0n) is 8.52. The summed E-state index contributed by atoms with van der Waals surface area (Å²) in [5, 5.41) is 0. The Morgan fingerprint density at radius 2 is 1.86 bits per heavy atom. The van der Waals surface area contributed by atoms with Crippen LogP contribution in [-0.4, -0.2) is 22.2 Å². The molecule has 0 rings (SSSR count). The maximum absolute atomic E-state index is 12.2. The zero-order valence-corrected chi connectivity index (χ0v) is 9.34. The van der Waals surface area contributed by atoms with Gasteiger partial charge in [-0.2, -0.15) is 13.2 Å². The fourth-order valence-corrected chi connectivity index (χ4v) is 2.21. The maximum Gasteiger partial charge on any atom is 0.404 e. The van der Waals surface area contributed by atoms with Crippen LogP contribution in [0.5, 0.6) is 0 Å². The van der Waals surface area contributed by atoms with Gasteiger partial charge in [0.25, 0.3) is 0 Å². The topological polar surface area (TPSA) is 29.1 Å². The molecule has 86 valence electrons. The number of hydrogen-bond acceptors (Lipinski definition) is 1. The molecule has 0 aliphatic rings. The smallest absolute Gasteiger partial charge is 0.243 e. The van der Waals surface area contributed by atoms with Gasteiger partial charge in [0.05, 0.1) is 11.0 Å². The van der Waals surface area contributed by atoms with Crippen molar-refractivity contribution in [2.75, 3.05) is 5.75 Å². The van der Waals surface area contributed by atoms with Gasteiger partial charge in [0.15, 0.2) is 0 Å². The maximum atomic E-state index is 12.2. The SMILES string of the molecule is CC[C@H](N[S@@](=O)CC(C)C)C(F)(F)F. The van der Waals surface area contributed by atoms with Crippen molar-refractivity contribution in [2.45, 2.75) is 39.4 Å². The Balaban J connectivity index is 4.13. The molecule has 6 heteroatoms. The molecule has 0 bridgehead atoms. The summed E-state index contributed by atoms with van der Waals surface area (Å²) < 4.78 is 49.9. The Morgan fingerprint density at radius 3 is 2.14 bits per heavy atom. The summed E-state index contributed by atoms with van der Waals surface area (Å²) in [6.45, 7) is 5.04. The van der Waals surface area contributed by atoms with Crippen LogP contribution in [0.4, 0.5) is 13.2 Å². The summed E-state index contributed by atoms with van der Waals surface area (Å²) in [6.07, 6.45) is -4.42. The van der Waals surface area contributed by atoms with Gasteiger partial charge in [-0.1, -0.05) is 20.8 Å². The van der Waals surface area contributed by atoms with Gasteiger partial charge in [0, 0.05) is 5.75 Å². The van der Waals surface area contributed by atoms with Crippen molar-refractivity contribution >= 4 is 11.0 Å². The number of halogens is 3. The second kappa shape index (κ2) is 5.70. The van der Waals surface area contributed by atoms with E-state index in [0.29, 0.717) is 0 Å². The monoisotopic (exact) mass is 231 g/mol. The van der Waals surface area contributed by atoms with E-state index in [0.717, 1.165) is 0 Å². The Hall–Kier alpha value is -0.100. The number of rotatable bonds is 5. The third kappa shape index (κ3) is 5.59. The molecule has 14 heavy (non-hydrogen) atoms. The molecule has 1 N–H and O–H groups in total. The number of alkyl halides is 3. The zero-order chi connectivity index (χ0) is 11.4. The molecule has 0 aromatic carbocycles. The quantitative estimate of drug-likeness (QED) is 0.772. The van der Waals surface area contributed by atoms with Crippen molar-refractivity contribution in [3.63, 3.8) is 0 Å². The molecule has 0 saturated heterocycles. The van der Waals surface area contributed by atoms with Crippen LogP contribution < -0.4 is 4.72 Å². The van der Waals surface area contributed by atoms with Crippen LogP contribution in [0.1, 0.15) is 27.2 Å². The molecule has 0 spiro atoms. The molecule has 0 radical (unpaired) electrons. The third-order valence-electron chi connectivity index (χ3n) is 1.56. The van der Waals surface area contributed by atoms with Gasteiger partial charge in [0.1, 0.15) is 6.04 Å².